The van der Waals surface area contributed by atoms with Crippen molar-refractivity contribution in [2.75, 3.05) is 6.61 Å². The van der Waals surface area contributed by atoms with Crippen LogP contribution in [-0.2, 0) is 4.79 Å². The molecular formula is C11H11BrFNO4. The second kappa shape index (κ2) is 6.46. The average molecular weight is 320 g/mol. The number of halogens is 2. The Labute approximate surface area is 111 Å². The fourth-order valence-corrected chi connectivity index (χ4v) is 1.64. The van der Waals surface area contributed by atoms with Crippen molar-refractivity contribution in [3.05, 3.63) is 34.1 Å². The van der Waals surface area contributed by atoms with Crippen molar-refractivity contribution in [1.29, 1.82) is 0 Å². The van der Waals surface area contributed by atoms with E-state index in [-0.39, 0.29) is 23.1 Å². The second-order valence-electron chi connectivity index (χ2n) is 3.51. The van der Waals surface area contributed by atoms with Gasteiger partial charge in [0.15, 0.2) is 0 Å². The van der Waals surface area contributed by atoms with Crippen molar-refractivity contribution in [2.45, 2.75) is 12.5 Å². The highest BCUT2D eigenvalue weighted by Crippen LogP contribution is 2.16. The number of rotatable bonds is 5. The van der Waals surface area contributed by atoms with Gasteiger partial charge in [-0.05, 0) is 34.1 Å². The molecule has 0 spiro atoms. The molecule has 0 aliphatic heterocycles. The van der Waals surface area contributed by atoms with E-state index >= 15 is 0 Å². The molecule has 1 aromatic rings. The van der Waals surface area contributed by atoms with Gasteiger partial charge in [-0.2, -0.15) is 0 Å². The van der Waals surface area contributed by atoms with Crippen molar-refractivity contribution in [2.24, 2.45) is 0 Å². The molecule has 1 atom stereocenters. The fourth-order valence-electron chi connectivity index (χ4n) is 1.27. The number of carbonyl (C=O) groups is 2. The number of benzene rings is 1. The van der Waals surface area contributed by atoms with Crippen molar-refractivity contribution < 1.29 is 24.2 Å². The Morgan fingerprint density at radius 3 is 2.61 bits per heavy atom. The lowest BCUT2D eigenvalue weighted by Gasteiger charge is -2.13. The Morgan fingerprint density at radius 1 is 1.44 bits per heavy atom. The van der Waals surface area contributed by atoms with E-state index in [4.69, 9.17) is 10.2 Å². The molecule has 0 fully saturated rings. The van der Waals surface area contributed by atoms with Gasteiger partial charge in [0.2, 0.25) is 0 Å². The first kappa shape index (κ1) is 14.6. The molecule has 0 unspecified atom stereocenters. The lowest BCUT2D eigenvalue weighted by molar-refractivity contribution is -0.139. The minimum Gasteiger partial charge on any atom is -0.480 e. The topological polar surface area (TPSA) is 86.6 Å². The van der Waals surface area contributed by atoms with Gasteiger partial charge in [-0.25, -0.2) is 9.18 Å². The number of aliphatic hydroxyl groups is 1. The van der Waals surface area contributed by atoms with E-state index in [0.29, 0.717) is 0 Å². The predicted molar refractivity (Wildman–Crippen MR) is 64.7 cm³/mol. The first-order chi connectivity index (χ1) is 8.45. The molecule has 0 aliphatic rings. The molecule has 3 N–H and O–H groups in total. The molecule has 0 aliphatic carbocycles. The smallest absolute Gasteiger partial charge is 0.326 e. The number of amides is 1. The molecule has 0 radical (unpaired) electrons. The normalized spacial score (nSPS) is 11.9. The standard InChI is InChI=1S/C11H11BrFNO4/c12-7-5-6(1-2-8(7)13)10(16)14-9(3-4-15)11(17)18/h1-2,5,9,15H,3-4H2,(H,14,16)(H,17,18)/t9-/m0/s1. The van der Waals surface area contributed by atoms with Gasteiger partial charge in [-0.15, -0.1) is 0 Å². The van der Waals surface area contributed by atoms with Crippen molar-refractivity contribution >= 4 is 27.8 Å². The van der Waals surface area contributed by atoms with E-state index in [0.717, 1.165) is 6.07 Å². The maximum atomic E-state index is 13.0. The fraction of sp³-hybridized carbons (Fsp3) is 0.273. The van der Waals surface area contributed by atoms with Crippen molar-refractivity contribution in [1.82, 2.24) is 5.32 Å². The SMILES string of the molecule is O=C(N[C@@H](CCO)C(=O)O)c1ccc(F)c(Br)c1. The maximum absolute atomic E-state index is 13.0. The number of aliphatic hydroxyl groups excluding tert-OH is 1. The minimum absolute atomic E-state index is 0.0938. The van der Waals surface area contributed by atoms with Crippen LogP contribution in [0.25, 0.3) is 0 Å². The second-order valence-corrected chi connectivity index (χ2v) is 4.36. The summed E-state index contributed by atoms with van der Waals surface area (Å²) >= 11 is 2.93. The Bertz CT molecular complexity index is 466. The van der Waals surface area contributed by atoms with Crippen LogP contribution >= 0.6 is 15.9 Å². The highest BCUT2D eigenvalue weighted by atomic mass is 79.9. The zero-order valence-corrected chi connectivity index (χ0v) is 10.8. The van der Waals surface area contributed by atoms with Crippen LogP contribution in [0.3, 0.4) is 0 Å². The highest BCUT2D eigenvalue weighted by molar-refractivity contribution is 9.10. The van der Waals surface area contributed by atoms with Crippen LogP contribution in [-0.4, -0.2) is 34.7 Å². The van der Waals surface area contributed by atoms with Gasteiger partial charge in [0, 0.05) is 18.6 Å². The first-order valence-electron chi connectivity index (χ1n) is 5.05. The third kappa shape index (κ3) is 3.78. The molecule has 1 rings (SSSR count). The van der Waals surface area contributed by atoms with Crippen LogP contribution in [0.4, 0.5) is 4.39 Å². The highest BCUT2D eigenvalue weighted by Gasteiger charge is 2.20. The molecule has 0 saturated heterocycles. The monoisotopic (exact) mass is 319 g/mol. The van der Waals surface area contributed by atoms with E-state index in [2.05, 4.69) is 21.2 Å². The first-order valence-corrected chi connectivity index (χ1v) is 5.84. The van der Waals surface area contributed by atoms with Crippen molar-refractivity contribution in [3.8, 4) is 0 Å². The third-order valence-electron chi connectivity index (χ3n) is 2.20. The van der Waals surface area contributed by atoms with Gasteiger partial charge in [0.25, 0.3) is 5.91 Å². The maximum Gasteiger partial charge on any atom is 0.326 e. The Hall–Kier alpha value is -1.47. The quantitative estimate of drug-likeness (QED) is 0.760. The Kier molecular flexibility index (Phi) is 5.24. The molecule has 18 heavy (non-hydrogen) atoms. The molecule has 5 nitrogen and oxygen atoms in total. The van der Waals surface area contributed by atoms with Crippen LogP contribution in [0.15, 0.2) is 22.7 Å². The number of carboxylic acids is 1. The summed E-state index contributed by atoms with van der Waals surface area (Å²) in [5.74, 6) is -2.40. The minimum atomic E-state index is -1.24. The van der Waals surface area contributed by atoms with E-state index < -0.39 is 23.7 Å². The predicted octanol–water partition coefficient (Wildman–Crippen LogP) is 1.15. The third-order valence-corrected chi connectivity index (χ3v) is 2.81. The summed E-state index contributed by atoms with van der Waals surface area (Å²) in [6, 6.07) is 2.42. The van der Waals surface area contributed by atoms with Crippen molar-refractivity contribution in [3.63, 3.8) is 0 Å². The molecule has 98 valence electrons. The number of aliphatic carboxylic acids is 1. The number of nitrogens with one attached hydrogen (secondary N) is 1. The van der Waals surface area contributed by atoms with E-state index in [1.165, 1.54) is 12.1 Å². The molecule has 7 heteroatoms. The van der Waals surface area contributed by atoms with Crippen LogP contribution in [0.2, 0.25) is 0 Å². The zero-order chi connectivity index (χ0) is 13.7. The number of hydrogen-bond donors (Lipinski definition) is 3. The van der Waals surface area contributed by atoms with Gasteiger partial charge in [0.05, 0.1) is 4.47 Å². The molecular weight excluding hydrogens is 309 g/mol. The lowest BCUT2D eigenvalue weighted by atomic mass is 10.1. The van der Waals surface area contributed by atoms with Gasteiger partial charge in [-0.1, -0.05) is 0 Å². The number of hydrogen-bond acceptors (Lipinski definition) is 3. The summed E-state index contributed by atoms with van der Waals surface area (Å²) in [6.07, 6.45) is -0.0938. The number of carboxylic acid groups (broad SMARTS) is 1. The summed E-state index contributed by atoms with van der Waals surface area (Å²) in [5.41, 5.74) is 0.132. The Morgan fingerprint density at radius 2 is 2.11 bits per heavy atom. The molecule has 0 saturated carbocycles. The molecule has 1 amide bonds. The summed E-state index contributed by atoms with van der Waals surface area (Å²) in [7, 11) is 0. The summed E-state index contributed by atoms with van der Waals surface area (Å²) in [6.45, 7) is -0.357. The molecule has 1 aromatic carbocycles. The largest absolute Gasteiger partial charge is 0.480 e. The summed E-state index contributed by atoms with van der Waals surface area (Å²) < 4.78 is 13.1. The van der Waals surface area contributed by atoms with Gasteiger partial charge in [0.1, 0.15) is 11.9 Å². The summed E-state index contributed by atoms with van der Waals surface area (Å²) in [4.78, 5) is 22.5. The van der Waals surface area contributed by atoms with Crippen LogP contribution in [0.5, 0.6) is 0 Å². The molecule has 0 heterocycles. The van der Waals surface area contributed by atoms with Gasteiger partial charge >= 0.3 is 5.97 Å². The van der Waals surface area contributed by atoms with E-state index in [9.17, 15) is 14.0 Å². The zero-order valence-electron chi connectivity index (χ0n) is 9.19. The van der Waals surface area contributed by atoms with E-state index in [1.54, 1.807) is 0 Å². The molecule has 0 bridgehead atoms. The van der Waals surface area contributed by atoms with Gasteiger partial charge < -0.3 is 15.5 Å². The van der Waals surface area contributed by atoms with Gasteiger partial charge in [-0.3, -0.25) is 4.79 Å². The van der Waals surface area contributed by atoms with Crippen LogP contribution in [0, 0.1) is 5.82 Å². The molecule has 0 aromatic heterocycles. The van der Waals surface area contributed by atoms with Crippen LogP contribution < -0.4 is 5.32 Å². The lowest BCUT2D eigenvalue weighted by Crippen LogP contribution is -2.41. The van der Waals surface area contributed by atoms with Crippen LogP contribution in [0.1, 0.15) is 16.8 Å². The van der Waals surface area contributed by atoms with E-state index in [1.807, 2.05) is 0 Å². The number of carbonyl (C=O) groups excluding carboxylic acids is 1. The summed E-state index contributed by atoms with van der Waals surface area (Å²) in [5, 5.41) is 19.7. The Balaban J connectivity index is 2.80. The average Bonchev–Trinajstić information content (AvgIpc) is 2.31.